The van der Waals surface area contributed by atoms with Crippen molar-refractivity contribution >= 4 is 29.5 Å². The van der Waals surface area contributed by atoms with Crippen LogP contribution in [0.25, 0.3) is 22.4 Å². The van der Waals surface area contributed by atoms with Crippen molar-refractivity contribution in [2.75, 3.05) is 32.1 Å². The van der Waals surface area contributed by atoms with Crippen molar-refractivity contribution in [3.05, 3.63) is 30.1 Å². The maximum absolute atomic E-state index is 5.88. The molecule has 9 heteroatoms. The highest BCUT2D eigenvalue weighted by atomic mass is 35.5. The van der Waals surface area contributed by atoms with E-state index in [1.54, 1.807) is 13.4 Å². The van der Waals surface area contributed by atoms with Gasteiger partial charge >= 0.3 is 0 Å². The molecule has 0 aliphatic carbocycles. The molecule has 1 fully saturated rings. The number of hydrogen-bond donors (Lipinski definition) is 4. The summed E-state index contributed by atoms with van der Waals surface area (Å²) in [5, 5.41) is 6.80. The Balaban J connectivity index is 0.00000225. The van der Waals surface area contributed by atoms with Gasteiger partial charge in [0.25, 0.3) is 0 Å². The van der Waals surface area contributed by atoms with Crippen LogP contribution in [0, 0.1) is 5.92 Å². The second-order valence-electron chi connectivity index (χ2n) is 6.80. The minimum Gasteiger partial charge on any atom is -0.496 e. The van der Waals surface area contributed by atoms with E-state index in [4.69, 9.17) is 15.5 Å². The highest BCUT2D eigenvalue weighted by Gasteiger charge is 2.16. The van der Waals surface area contributed by atoms with E-state index >= 15 is 0 Å². The number of nitrogens with zero attached hydrogens (tertiary/aromatic N) is 3. The van der Waals surface area contributed by atoms with Gasteiger partial charge in [-0.2, -0.15) is 4.98 Å². The van der Waals surface area contributed by atoms with Gasteiger partial charge in [0.2, 0.25) is 5.95 Å². The molecular formula is C19H26ClN7O. The number of aromatic nitrogens is 4. The zero-order valence-corrected chi connectivity index (χ0v) is 16.7. The summed E-state index contributed by atoms with van der Waals surface area (Å²) in [4.78, 5) is 16.8. The number of anilines is 1. The number of ether oxygens (including phenoxy) is 1. The number of aromatic amines is 1. The van der Waals surface area contributed by atoms with Crippen LogP contribution in [0.4, 0.5) is 5.95 Å². The number of imidazole rings is 1. The van der Waals surface area contributed by atoms with Crippen LogP contribution in [0.3, 0.4) is 0 Å². The first-order chi connectivity index (χ1) is 13.3. The fourth-order valence-electron chi connectivity index (χ4n) is 3.53. The van der Waals surface area contributed by atoms with Gasteiger partial charge in [0.15, 0.2) is 5.65 Å². The molecule has 0 saturated carbocycles. The first-order valence-corrected chi connectivity index (χ1v) is 9.31. The van der Waals surface area contributed by atoms with Gasteiger partial charge in [0.1, 0.15) is 17.0 Å². The highest BCUT2D eigenvalue weighted by molar-refractivity contribution is 5.88. The lowest BCUT2D eigenvalue weighted by molar-refractivity contribution is 0.389. The van der Waals surface area contributed by atoms with Crippen molar-refractivity contribution in [1.29, 1.82) is 0 Å². The normalized spacial score (nSPS) is 14.6. The van der Waals surface area contributed by atoms with Crippen molar-refractivity contribution in [1.82, 2.24) is 25.3 Å². The number of piperidine rings is 1. The molecule has 1 aliphatic heterocycles. The number of fused-ring (bicyclic) bond motifs is 1. The Morgan fingerprint density at radius 3 is 2.82 bits per heavy atom. The number of halogens is 1. The first-order valence-electron chi connectivity index (χ1n) is 9.31. The van der Waals surface area contributed by atoms with E-state index in [2.05, 4.69) is 25.6 Å². The Labute approximate surface area is 170 Å². The van der Waals surface area contributed by atoms with Crippen LogP contribution in [-0.2, 0) is 6.54 Å². The number of benzene rings is 1. The summed E-state index contributed by atoms with van der Waals surface area (Å²) in [5.41, 5.74) is 10.0. The first kappa shape index (κ1) is 20.3. The van der Waals surface area contributed by atoms with Gasteiger partial charge in [-0.3, -0.25) is 0 Å². The van der Waals surface area contributed by atoms with E-state index in [-0.39, 0.29) is 12.4 Å². The van der Waals surface area contributed by atoms with Crippen molar-refractivity contribution in [2.45, 2.75) is 19.4 Å². The van der Waals surface area contributed by atoms with E-state index in [9.17, 15) is 0 Å². The second kappa shape index (κ2) is 9.18. The zero-order valence-electron chi connectivity index (χ0n) is 15.9. The van der Waals surface area contributed by atoms with Gasteiger partial charge in [0, 0.05) is 24.2 Å². The van der Waals surface area contributed by atoms with Crippen molar-refractivity contribution in [3.63, 3.8) is 0 Å². The molecule has 0 bridgehead atoms. The summed E-state index contributed by atoms with van der Waals surface area (Å²) in [6.45, 7) is 3.41. The van der Waals surface area contributed by atoms with Crippen LogP contribution in [0.1, 0.15) is 18.4 Å². The number of nitrogens with one attached hydrogen (secondary N) is 3. The molecule has 1 aromatic carbocycles. The molecule has 0 radical (unpaired) electrons. The molecular weight excluding hydrogens is 378 g/mol. The van der Waals surface area contributed by atoms with Crippen LogP contribution in [0.5, 0.6) is 5.75 Å². The monoisotopic (exact) mass is 403 g/mol. The van der Waals surface area contributed by atoms with Crippen molar-refractivity contribution in [3.8, 4) is 17.0 Å². The minimum absolute atomic E-state index is 0. The molecule has 0 unspecified atom stereocenters. The molecule has 0 spiro atoms. The van der Waals surface area contributed by atoms with Gasteiger partial charge < -0.3 is 26.1 Å². The van der Waals surface area contributed by atoms with Gasteiger partial charge in [0.05, 0.1) is 13.4 Å². The average molecular weight is 404 g/mol. The third kappa shape index (κ3) is 4.19. The standard InChI is InChI=1S/C19H25N7O.ClH/c1-27-15-3-2-13(8-14(15)9-20)16-17-18(24-11-23-17)26-19(25-16)22-10-12-4-6-21-7-5-12;/h2-3,8,11-12,21H,4-7,9-10,20H2,1H3,(H2,22,23,24,25,26);1H. The smallest absolute Gasteiger partial charge is 0.225 e. The number of hydrogen-bond acceptors (Lipinski definition) is 7. The SMILES string of the molecule is COc1ccc(-c2nc(NCC3CCNCC3)nc3nc[nH]c23)cc1CN.Cl. The third-order valence-corrected chi connectivity index (χ3v) is 5.07. The average Bonchev–Trinajstić information content (AvgIpc) is 3.20. The molecule has 1 saturated heterocycles. The molecule has 3 aromatic rings. The van der Waals surface area contributed by atoms with Gasteiger partial charge in [-0.05, 0) is 50.0 Å². The fraction of sp³-hybridized carbons (Fsp3) is 0.421. The quantitative estimate of drug-likeness (QED) is 0.499. The number of rotatable bonds is 6. The molecule has 8 nitrogen and oxygen atoms in total. The summed E-state index contributed by atoms with van der Waals surface area (Å²) in [5.74, 6) is 2.02. The minimum atomic E-state index is 0. The van der Waals surface area contributed by atoms with Crippen LogP contribution in [0.2, 0.25) is 0 Å². The van der Waals surface area contributed by atoms with E-state index in [1.165, 1.54) is 12.8 Å². The van der Waals surface area contributed by atoms with Crippen molar-refractivity contribution in [2.24, 2.45) is 11.7 Å². The van der Waals surface area contributed by atoms with E-state index in [0.717, 1.165) is 47.7 Å². The van der Waals surface area contributed by atoms with Crippen LogP contribution >= 0.6 is 12.4 Å². The number of H-pyrrole nitrogens is 1. The Bertz CT molecular complexity index is 924. The predicted molar refractivity (Wildman–Crippen MR) is 113 cm³/mol. The van der Waals surface area contributed by atoms with Crippen LogP contribution in [-0.4, -0.2) is 46.7 Å². The predicted octanol–water partition coefficient (Wildman–Crippen LogP) is 2.32. The third-order valence-electron chi connectivity index (χ3n) is 5.07. The summed E-state index contributed by atoms with van der Waals surface area (Å²) < 4.78 is 5.38. The number of methoxy groups -OCH3 is 1. The largest absolute Gasteiger partial charge is 0.496 e. The van der Waals surface area contributed by atoms with Gasteiger partial charge in [-0.15, -0.1) is 12.4 Å². The summed E-state index contributed by atoms with van der Waals surface area (Å²) >= 11 is 0. The zero-order chi connectivity index (χ0) is 18.6. The van der Waals surface area contributed by atoms with E-state index < -0.39 is 0 Å². The van der Waals surface area contributed by atoms with Crippen LogP contribution < -0.4 is 21.1 Å². The molecule has 3 heterocycles. The molecule has 5 N–H and O–H groups in total. The second-order valence-corrected chi connectivity index (χ2v) is 6.80. The Morgan fingerprint density at radius 2 is 2.07 bits per heavy atom. The van der Waals surface area contributed by atoms with Crippen LogP contribution in [0.15, 0.2) is 24.5 Å². The van der Waals surface area contributed by atoms with E-state index in [0.29, 0.717) is 24.1 Å². The van der Waals surface area contributed by atoms with E-state index in [1.807, 2.05) is 18.2 Å². The summed E-state index contributed by atoms with van der Waals surface area (Å²) in [6, 6.07) is 5.92. The Hall–Kier alpha value is -2.42. The molecule has 4 rings (SSSR count). The topological polar surface area (TPSA) is 114 Å². The van der Waals surface area contributed by atoms with Gasteiger partial charge in [-0.25, -0.2) is 9.97 Å². The molecule has 1 aliphatic rings. The fourth-order valence-corrected chi connectivity index (χ4v) is 3.53. The Morgan fingerprint density at radius 1 is 1.25 bits per heavy atom. The maximum atomic E-state index is 5.88. The summed E-state index contributed by atoms with van der Waals surface area (Å²) in [6.07, 6.45) is 3.98. The maximum Gasteiger partial charge on any atom is 0.225 e. The molecule has 2 aromatic heterocycles. The number of nitrogens with two attached hydrogens (primary N) is 1. The molecule has 0 atom stereocenters. The highest BCUT2D eigenvalue weighted by Crippen LogP contribution is 2.29. The summed E-state index contributed by atoms with van der Waals surface area (Å²) in [7, 11) is 1.65. The lowest BCUT2D eigenvalue weighted by atomic mass is 9.98. The molecule has 0 amide bonds. The molecule has 28 heavy (non-hydrogen) atoms. The Kier molecular flexibility index (Phi) is 6.66. The van der Waals surface area contributed by atoms with Gasteiger partial charge in [-0.1, -0.05) is 0 Å². The van der Waals surface area contributed by atoms with Crippen molar-refractivity contribution < 1.29 is 4.74 Å². The lowest BCUT2D eigenvalue weighted by Gasteiger charge is -2.22. The molecule has 150 valence electrons. The lowest BCUT2D eigenvalue weighted by Crippen LogP contribution is -2.31.